The van der Waals surface area contributed by atoms with Crippen LogP contribution < -0.4 is 14.8 Å². The zero-order chi connectivity index (χ0) is 25.0. The van der Waals surface area contributed by atoms with Crippen molar-refractivity contribution in [2.24, 2.45) is 0 Å². The number of fused-ring (bicyclic) bond motifs is 1. The standard InChI is InChI=1S/C25H23N5O4S/c1-17(31)27-15-18-7-5-8-19(13-18)16-30-21-10-6-11-22(34-2)24(21)25(28-30)29-35(32,33)23-12-4-3-9-20(23)14-26/h3-13H,15-16H2,1-2H3,(H,27,31)(H,28,29). The third-order valence-electron chi connectivity index (χ3n) is 5.35. The Bertz CT molecular complexity index is 1550. The molecule has 4 aromatic rings. The van der Waals surface area contributed by atoms with Crippen LogP contribution in [0.4, 0.5) is 5.82 Å². The van der Waals surface area contributed by atoms with Gasteiger partial charge in [-0.1, -0.05) is 42.5 Å². The van der Waals surface area contributed by atoms with E-state index in [0.29, 0.717) is 29.7 Å². The predicted molar refractivity (Wildman–Crippen MR) is 131 cm³/mol. The maximum Gasteiger partial charge on any atom is 0.264 e. The van der Waals surface area contributed by atoms with E-state index in [4.69, 9.17) is 4.74 Å². The molecule has 4 rings (SSSR count). The van der Waals surface area contributed by atoms with Crippen LogP contribution in [0.25, 0.3) is 10.9 Å². The molecule has 178 valence electrons. The summed E-state index contributed by atoms with van der Waals surface area (Å²) in [7, 11) is -2.60. The number of methoxy groups -OCH3 is 1. The molecule has 0 aliphatic carbocycles. The lowest BCUT2D eigenvalue weighted by molar-refractivity contribution is -0.119. The smallest absolute Gasteiger partial charge is 0.264 e. The lowest BCUT2D eigenvalue weighted by atomic mass is 10.1. The molecule has 9 nitrogen and oxygen atoms in total. The Morgan fingerprint density at radius 2 is 1.83 bits per heavy atom. The quantitative estimate of drug-likeness (QED) is 0.391. The van der Waals surface area contributed by atoms with Gasteiger partial charge < -0.3 is 10.1 Å². The summed E-state index contributed by atoms with van der Waals surface area (Å²) < 4.78 is 36.1. The molecule has 1 heterocycles. The van der Waals surface area contributed by atoms with E-state index >= 15 is 0 Å². The van der Waals surface area contributed by atoms with Crippen molar-refractivity contribution in [1.29, 1.82) is 5.26 Å². The fourth-order valence-electron chi connectivity index (χ4n) is 3.77. The second-order valence-electron chi connectivity index (χ2n) is 7.80. The van der Waals surface area contributed by atoms with Crippen LogP contribution in [0.5, 0.6) is 5.75 Å². The number of amides is 1. The Balaban J connectivity index is 1.75. The lowest BCUT2D eigenvalue weighted by Gasteiger charge is -2.08. The van der Waals surface area contributed by atoms with Crippen molar-refractivity contribution >= 4 is 32.7 Å². The molecule has 0 atom stereocenters. The topological polar surface area (TPSA) is 126 Å². The van der Waals surface area contributed by atoms with E-state index in [0.717, 1.165) is 11.1 Å². The highest BCUT2D eigenvalue weighted by Crippen LogP contribution is 2.34. The van der Waals surface area contributed by atoms with Gasteiger partial charge in [-0.05, 0) is 35.4 Å². The van der Waals surface area contributed by atoms with E-state index < -0.39 is 10.0 Å². The normalized spacial score (nSPS) is 11.1. The van der Waals surface area contributed by atoms with Crippen LogP contribution in [-0.4, -0.2) is 31.2 Å². The number of aromatic nitrogens is 2. The molecular formula is C25H23N5O4S. The van der Waals surface area contributed by atoms with Gasteiger partial charge in [0.2, 0.25) is 5.91 Å². The first kappa shape index (κ1) is 23.8. The monoisotopic (exact) mass is 489 g/mol. The first-order valence-electron chi connectivity index (χ1n) is 10.7. The SMILES string of the molecule is COc1cccc2c1c(NS(=O)(=O)c1ccccc1C#N)nn2Cc1cccc(CNC(C)=O)c1. The lowest BCUT2D eigenvalue weighted by Crippen LogP contribution is -2.19. The molecule has 0 spiro atoms. The van der Waals surface area contributed by atoms with Crippen LogP contribution >= 0.6 is 0 Å². The van der Waals surface area contributed by atoms with Crippen molar-refractivity contribution in [2.45, 2.75) is 24.9 Å². The zero-order valence-electron chi connectivity index (χ0n) is 19.1. The van der Waals surface area contributed by atoms with Gasteiger partial charge in [-0.25, -0.2) is 8.42 Å². The molecule has 35 heavy (non-hydrogen) atoms. The van der Waals surface area contributed by atoms with Crippen LogP contribution in [0, 0.1) is 11.3 Å². The van der Waals surface area contributed by atoms with Crippen molar-refractivity contribution < 1.29 is 17.9 Å². The molecule has 1 amide bonds. The summed E-state index contributed by atoms with van der Waals surface area (Å²) in [5, 5.41) is 17.2. The third-order valence-corrected chi connectivity index (χ3v) is 6.75. The Hall–Kier alpha value is -4.36. The molecule has 0 aliphatic rings. The van der Waals surface area contributed by atoms with E-state index in [2.05, 4.69) is 15.1 Å². The van der Waals surface area contributed by atoms with Gasteiger partial charge in [-0.15, -0.1) is 0 Å². The molecule has 3 aromatic carbocycles. The van der Waals surface area contributed by atoms with Crippen molar-refractivity contribution in [3.05, 3.63) is 83.4 Å². The second kappa shape index (κ2) is 9.87. The number of nitrogens with zero attached hydrogens (tertiary/aromatic N) is 3. The van der Waals surface area contributed by atoms with Gasteiger partial charge in [0.1, 0.15) is 16.7 Å². The molecule has 0 aliphatic heterocycles. The van der Waals surface area contributed by atoms with Gasteiger partial charge in [0, 0.05) is 13.5 Å². The maximum atomic E-state index is 13.2. The summed E-state index contributed by atoms with van der Waals surface area (Å²) >= 11 is 0. The summed E-state index contributed by atoms with van der Waals surface area (Å²) in [5.74, 6) is 0.439. The fraction of sp³-hybridized carbons (Fsp3) is 0.160. The first-order valence-corrected chi connectivity index (χ1v) is 12.2. The minimum absolute atomic E-state index is 0.0340. The number of rotatable bonds is 8. The number of hydrogen-bond acceptors (Lipinski definition) is 6. The summed E-state index contributed by atoms with van der Waals surface area (Å²) in [6, 6.07) is 20.9. The second-order valence-corrected chi connectivity index (χ2v) is 9.45. The summed E-state index contributed by atoms with van der Waals surface area (Å²) in [6.45, 7) is 2.22. The summed E-state index contributed by atoms with van der Waals surface area (Å²) in [4.78, 5) is 11.1. The molecule has 0 radical (unpaired) electrons. The number of anilines is 1. The predicted octanol–water partition coefficient (Wildman–Crippen LogP) is 3.40. The van der Waals surface area contributed by atoms with Gasteiger partial charge >= 0.3 is 0 Å². The highest BCUT2D eigenvalue weighted by atomic mass is 32.2. The maximum absolute atomic E-state index is 13.2. The minimum Gasteiger partial charge on any atom is -0.496 e. The number of carbonyl (C=O) groups is 1. The van der Waals surface area contributed by atoms with Crippen LogP contribution in [0.2, 0.25) is 0 Å². The molecule has 0 saturated heterocycles. The molecule has 2 N–H and O–H groups in total. The van der Waals surface area contributed by atoms with E-state index in [1.54, 1.807) is 28.9 Å². The van der Waals surface area contributed by atoms with Gasteiger partial charge in [0.15, 0.2) is 5.82 Å². The minimum atomic E-state index is -4.10. The van der Waals surface area contributed by atoms with E-state index in [1.807, 2.05) is 36.4 Å². The Labute approximate surface area is 203 Å². The van der Waals surface area contributed by atoms with Crippen LogP contribution in [0.3, 0.4) is 0 Å². The number of nitrogens with one attached hydrogen (secondary N) is 2. The number of ether oxygens (including phenoxy) is 1. The number of sulfonamides is 1. The van der Waals surface area contributed by atoms with Crippen molar-refractivity contribution in [3.63, 3.8) is 0 Å². The molecule has 0 unspecified atom stereocenters. The molecule has 10 heteroatoms. The number of benzene rings is 3. The summed E-state index contributed by atoms with van der Waals surface area (Å²) in [5.41, 5.74) is 2.56. The highest BCUT2D eigenvalue weighted by Gasteiger charge is 2.23. The number of carbonyl (C=O) groups excluding carboxylic acids is 1. The van der Waals surface area contributed by atoms with Crippen LogP contribution in [0.15, 0.2) is 71.6 Å². The van der Waals surface area contributed by atoms with E-state index in [-0.39, 0.29) is 22.2 Å². The average molecular weight is 490 g/mol. The molecule has 0 bridgehead atoms. The fourth-order valence-corrected chi connectivity index (χ4v) is 4.94. The van der Waals surface area contributed by atoms with Crippen LogP contribution in [0.1, 0.15) is 23.6 Å². The van der Waals surface area contributed by atoms with Gasteiger partial charge in [0.25, 0.3) is 10.0 Å². The van der Waals surface area contributed by atoms with Crippen LogP contribution in [-0.2, 0) is 27.9 Å². The Kier molecular flexibility index (Phi) is 6.71. The third kappa shape index (κ3) is 5.10. The van der Waals surface area contributed by atoms with Crippen molar-refractivity contribution in [1.82, 2.24) is 15.1 Å². The molecule has 1 aromatic heterocycles. The molecular weight excluding hydrogens is 466 g/mol. The molecule has 0 saturated carbocycles. The first-order chi connectivity index (χ1) is 16.8. The van der Waals surface area contributed by atoms with E-state index in [1.165, 1.54) is 26.2 Å². The zero-order valence-corrected chi connectivity index (χ0v) is 20.0. The number of nitriles is 1. The van der Waals surface area contributed by atoms with Gasteiger partial charge in [-0.3, -0.25) is 14.2 Å². The largest absolute Gasteiger partial charge is 0.496 e. The van der Waals surface area contributed by atoms with E-state index in [9.17, 15) is 18.5 Å². The Morgan fingerprint density at radius 1 is 1.09 bits per heavy atom. The average Bonchev–Trinajstić information content (AvgIpc) is 3.19. The van der Waals surface area contributed by atoms with Gasteiger partial charge in [0.05, 0.1) is 30.1 Å². The highest BCUT2D eigenvalue weighted by molar-refractivity contribution is 7.92. The van der Waals surface area contributed by atoms with Crippen molar-refractivity contribution in [3.8, 4) is 11.8 Å². The van der Waals surface area contributed by atoms with Gasteiger partial charge in [-0.2, -0.15) is 10.4 Å². The summed E-state index contributed by atoms with van der Waals surface area (Å²) in [6.07, 6.45) is 0. The molecule has 0 fully saturated rings. The Morgan fingerprint density at radius 3 is 2.57 bits per heavy atom. The van der Waals surface area contributed by atoms with Crippen molar-refractivity contribution in [2.75, 3.05) is 11.8 Å². The number of hydrogen-bond donors (Lipinski definition) is 2.